The molecule has 4 atom stereocenters. The lowest BCUT2D eigenvalue weighted by atomic mass is 9.87. The molecule has 0 saturated carbocycles. The van der Waals surface area contributed by atoms with E-state index in [1.165, 1.54) is 11.8 Å². The highest BCUT2D eigenvalue weighted by Gasteiger charge is 2.47. The lowest BCUT2D eigenvalue weighted by Crippen LogP contribution is -2.69. The molecule has 126 valence electrons. The molecule has 5 N–H and O–H groups in total. The minimum absolute atomic E-state index is 0.131. The Morgan fingerprint density at radius 1 is 1.32 bits per heavy atom. The van der Waals surface area contributed by atoms with Gasteiger partial charge in [-0.2, -0.15) is 0 Å². The maximum Gasteiger partial charge on any atom is 0.309 e. The van der Waals surface area contributed by atoms with E-state index in [1.54, 1.807) is 0 Å². The van der Waals surface area contributed by atoms with E-state index >= 15 is 0 Å². The highest BCUT2D eigenvalue weighted by molar-refractivity contribution is 5.82. The summed E-state index contributed by atoms with van der Waals surface area (Å²) in [4.78, 5) is 36.5. The van der Waals surface area contributed by atoms with E-state index in [-0.39, 0.29) is 18.4 Å². The van der Waals surface area contributed by atoms with E-state index < -0.39 is 36.1 Å². The molecule has 0 unspecified atom stereocenters. The van der Waals surface area contributed by atoms with Crippen LogP contribution in [0.2, 0.25) is 0 Å². The molecule has 1 fully saturated rings. The number of carboxylic acid groups (broad SMARTS) is 1. The SMILES string of the molecule is CCC(CC)C(=O)N1C[C@@H](C(=O)O)[C@H](N)[C@H](O)[C@H]1NC(C)=O. The van der Waals surface area contributed by atoms with Gasteiger partial charge in [0.1, 0.15) is 12.3 Å². The molecular formula is C14H25N3O5. The number of nitrogens with zero attached hydrogens (tertiary/aromatic N) is 1. The van der Waals surface area contributed by atoms with Gasteiger partial charge >= 0.3 is 5.97 Å². The van der Waals surface area contributed by atoms with Gasteiger partial charge in [-0.05, 0) is 12.8 Å². The largest absolute Gasteiger partial charge is 0.481 e. The van der Waals surface area contributed by atoms with Gasteiger partial charge in [-0.15, -0.1) is 0 Å². The van der Waals surface area contributed by atoms with Crippen LogP contribution >= 0.6 is 0 Å². The molecule has 0 aromatic rings. The van der Waals surface area contributed by atoms with Gasteiger partial charge in [-0.1, -0.05) is 13.8 Å². The Hall–Kier alpha value is -1.67. The molecule has 0 aliphatic carbocycles. The second-order valence-electron chi connectivity index (χ2n) is 5.66. The average Bonchev–Trinajstić information content (AvgIpc) is 2.44. The predicted molar refractivity (Wildman–Crippen MR) is 78.5 cm³/mol. The number of carbonyl (C=O) groups excluding carboxylic acids is 2. The van der Waals surface area contributed by atoms with Crippen LogP contribution in [0.3, 0.4) is 0 Å². The average molecular weight is 315 g/mol. The molecule has 1 rings (SSSR count). The summed E-state index contributed by atoms with van der Waals surface area (Å²) >= 11 is 0. The fraction of sp³-hybridized carbons (Fsp3) is 0.786. The Kier molecular flexibility index (Phi) is 6.31. The summed E-state index contributed by atoms with van der Waals surface area (Å²) in [5.41, 5.74) is 5.77. The van der Waals surface area contributed by atoms with E-state index in [4.69, 9.17) is 5.73 Å². The lowest BCUT2D eigenvalue weighted by molar-refractivity contribution is -0.159. The monoisotopic (exact) mass is 315 g/mol. The van der Waals surface area contributed by atoms with Crippen molar-refractivity contribution in [2.24, 2.45) is 17.6 Å². The standard InChI is InChI=1S/C14H25N3O5/c1-4-8(5-2)13(20)17-6-9(14(21)22)10(15)11(19)12(17)16-7(3)18/h8-12,19H,4-6,15H2,1-3H3,(H,16,18)(H,21,22)/t9-,10+,11+,12+/m1/s1. The van der Waals surface area contributed by atoms with Crippen LogP contribution < -0.4 is 11.1 Å². The third-order valence-electron chi connectivity index (χ3n) is 4.20. The van der Waals surface area contributed by atoms with Crippen LogP contribution in [-0.2, 0) is 14.4 Å². The molecule has 0 spiro atoms. The topological polar surface area (TPSA) is 133 Å². The van der Waals surface area contributed by atoms with Crippen molar-refractivity contribution in [1.29, 1.82) is 0 Å². The molecular weight excluding hydrogens is 290 g/mol. The molecule has 1 saturated heterocycles. The first kappa shape index (κ1) is 18.4. The number of likely N-dealkylation sites (tertiary alicyclic amines) is 1. The van der Waals surface area contributed by atoms with Crippen LogP contribution in [0.25, 0.3) is 0 Å². The van der Waals surface area contributed by atoms with Crippen molar-refractivity contribution in [3.05, 3.63) is 0 Å². The second kappa shape index (κ2) is 7.55. The Morgan fingerprint density at radius 2 is 1.86 bits per heavy atom. The first-order chi connectivity index (χ1) is 10.2. The summed E-state index contributed by atoms with van der Waals surface area (Å²) in [6.07, 6.45) is -1.15. The number of nitrogens with two attached hydrogens (primary N) is 1. The number of aliphatic hydroxyl groups is 1. The predicted octanol–water partition coefficient (Wildman–Crippen LogP) is -0.884. The fourth-order valence-corrected chi connectivity index (χ4v) is 2.79. The number of carbonyl (C=O) groups is 3. The summed E-state index contributed by atoms with van der Waals surface area (Å²) in [6, 6.07) is -1.06. The normalized spacial score (nSPS) is 28.5. The van der Waals surface area contributed by atoms with Crippen LogP contribution in [-0.4, -0.2) is 57.8 Å². The number of nitrogens with one attached hydrogen (secondary N) is 1. The second-order valence-corrected chi connectivity index (χ2v) is 5.66. The summed E-state index contributed by atoms with van der Waals surface area (Å²) in [5, 5.41) is 22.0. The molecule has 1 heterocycles. The minimum atomic E-state index is -1.34. The van der Waals surface area contributed by atoms with Crippen LogP contribution in [0.15, 0.2) is 0 Å². The van der Waals surface area contributed by atoms with Crippen molar-refractivity contribution in [1.82, 2.24) is 10.2 Å². The first-order valence-electron chi connectivity index (χ1n) is 7.48. The number of piperidine rings is 1. The minimum Gasteiger partial charge on any atom is -0.481 e. The molecule has 8 nitrogen and oxygen atoms in total. The number of aliphatic hydroxyl groups excluding tert-OH is 1. The third kappa shape index (κ3) is 3.75. The van der Waals surface area contributed by atoms with Crippen LogP contribution in [0, 0.1) is 11.8 Å². The Balaban J connectivity index is 3.12. The van der Waals surface area contributed by atoms with Crippen molar-refractivity contribution in [2.45, 2.75) is 51.9 Å². The Morgan fingerprint density at radius 3 is 2.27 bits per heavy atom. The van der Waals surface area contributed by atoms with Crippen molar-refractivity contribution in [3.8, 4) is 0 Å². The molecule has 0 aromatic heterocycles. The zero-order valence-electron chi connectivity index (χ0n) is 13.2. The Labute approximate surface area is 129 Å². The van der Waals surface area contributed by atoms with Crippen molar-refractivity contribution in [3.63, 3.8) is 0 Å². The molecule has 22 heavy (non-hydrogen) atoms. The van der Waals surface area contributed by atoms with Crippen LogP contribution in [0.5, 0.6) is 0 Å². The van der Waals surface area contributed by atoms with E-state index in [1.807, 2.05) is 13.8 Å². The highest BCUT2D eigenvalue weighted by Crippen LogP contribution is 2.24. The molecule has 2 amide bonds. The van der Waals surface area contributed by atoms with Gasteiger partial charge in [0, 0.05) is 25.4 Å². The van der Waals surface area contributed by atoms with Crippen molar-refractivity contribution in [2.75, 3.05) is 6.54 Å². The van der Waals surface area contributed by atoms with E-state index in [0.717, 1.165) is 0 Å². The van der Waals surface area contributed by atoms with Gasteiger partial charge in [-0.25, -0.2) is 0 Å². The van der Waals surface area contributed by atoms with Crippen molar-refractivity contribution >= 4 is 17.8 Å². The van der Waals surface area contributed by atoms with Gasteiger partial charge in [0.25, 0.3) is 0 Å². The van der Waals surface area contributed by atoms with Crippen LogP contribution in [0.4, 0.5) is 0 Å². The number of amides is 2. The fourth-order valence-electron chi connectivity index (χ4n) is 2.79. The van der Waals surface area contributed by atoms with Gasteiger partial charge in [0.05, 0.1) is 5.92 Å². The summed E-state index contributed by atoms with van der Waals surface area (Å²) in [6.45, 7) is 4.86. The van der Waals surface area contributed by atoms with Crippen molar-refractivity contribution < 1.29 is 24.6 Å². The maximum atomic E-state index is 12.6. The summed E-state index contributed by atoms with van der Waals surface area (Å²) < 4.78 is 0. The maximum absolute atomic E-state index is 12.6. The Bertz CT molecular complexity index is 438. The number of hydrogen-bond donors (Lipinski definition) is 4. The van der Waals surface area contributed by atoms with E-state index in [9.17, 15) is 24.6 Å². The smallest absolute Gasteiger partial charge is 0.309 e. The first-order valence-corrected chi connectivity index (χ1v) is 7.48. The number of aliphatic carboxylic acids is 1. The highest BCUT2D eigenvalue weighted by atomic mass is 16.4. The molecule has 1 aliphatic heterocycles. The molecule has 0 radical (unpaired) electrons. The molecule has 0 aromatic carbocycles. The van der Waals surface area contributed by atoms with Gasteiger partial charge in [-0.3, -0.25) is 14.4 Å². The summed E-state index contributed by atoms with van der Waals surface area (Å²) in [5.74, 6) is -3.23. The zero-order valence-corrected chi connectivity index (χ0v) is 13.2. The third-order valence-corrected chi connectivity index (χ3v) is 4.20. The van der Waals surface area contributed by atoms with E-state index in [2.05, 4.69) is 5.32 Å². The number of rotatable bonds is 5. The van der Waals surface area contributed by atoms with Gasteiger partial charge in [0.2, 0.25) is 11.8 Å². The van der Waals surface area contributed by atoms with Gasteiger partial charge in [0.15, 0.2) is 0 Å². The van der Waals surface area contributed by atoms with Gasteiger partial charge < -0.3 is 26.2 Å². The number of carboxylic acids is 1. The molecule has 1 aliphatic rings. The molecule has 0 bridgehead atoms. The number of hydrogen-bond acceptors (Lipinski definition) is 5. The zero-order chi connectivity index (χ0) is 17.0. The van der Waals surface area contributed by atoms with E-state index in [0.29, 0.717) is 12.8 Å². The lowest BCUT2D eigenvalue weighted by Gasteiger charge is -2.45. The quantitative estimate of drug-likeness (QED) is 0.520. The molecule has 8 heteroatoms. The van der Waals surface area contributed by atoms with Crippen LogP contribution in [0.1, 0.15) is 33.6 Å². The summed E-state index contributed by atoms with van der Waals surface area (Å²) in [7, 11) is 0.